The van der Waals surface area contributed by atoms with Crippen LogP contribution in [0.2, 0.25) is 5.15 Å². The second-order valence-corrected chi connectivity index (χ2v) is 9.04. The summed E-state index contributed by atoms with van der Waals surface area (Å²) in [7, 11) is -1.81. The molecular formula is C18H23ClN4O3S. The van der Waals surface area contributed by atoms with Crippen molar-refractivity contribution in [2.24, 2.45) is 7.05 Å². The van der Waals surface area contributed by atoms with Gasteiger partial charge in [0.2, 0.25) is 10.0 Å². The fraction of sp³-hybridized carbons (Fsp3) is 0.444. The van der Waals surface area contributed by atoms with Crippen LogP contribution in [0.25, 0.3) is 0 Å². The van der Waals surface area contributed by atoms with E-state index in [0.717, 1.165) is 11.3 Å². The first kappa shape index (κ1) is 20.0. The van der Waals surface area contributed by atoms with E-state index in [0.29, 0.717) is 43.4 Å². The van der Waals surface area contributed by atoms with Gasteiger partial charge in [-0.15, -0.1) is 0 Å². The second kappa shape index (κ2) is 7.71. The number of nitrogens with zero attached hydrogens (tertiary/aromatic N) is 4. The number of carbonyl (C=O) groups excluding carboxylic acids is 1. The number of Topliss-reactive ketones (excluding diaryl/α,β-unsaturated/α-hetero) is 1. The summed E-state index contributed by atoms with van der Waals surface area (Å²) in [4.78, 5) is 13.9. The Morgan fingerprint density at radius 3 is 2.44 bits per heavy atom. The van der Waals surface area contributed by atoms with Gasteiger partial charge < -0.3 is 0 Å². The van der Waals surface area contributed by atoms with Crippen molar-refractivity contribution in [2.75, 3.05) is 26.2 Å². The lowest BCUT2D eigenvalue weighted by Gasteiger charge is -2.34. The van der Waals surface area contributed by atoms with E-state index in [1.807, 2.05) is 6.92 Å². The van der Waals surface area contributed by atoms with Gasteiger partial charge in [0, 0.05) is 50.9 Å². The molecule has 0 saturated carbocycles. The zero-order valence-electron chi connectivity index (χ0n) is 15.6. The van der Waals surface area contributed by atoms with Crippen LogP contribution < -0.4 is 0 Å². The fourth-order valence-electron chi connectivity index (χ4n) is 3.23. The van der Waals surface area contributed by atoms with Crippen molar-refractivity contribution >= 4 is 27.4 Å². The molecule has 2 heterocycles. The molecule has 7 nitrogen and oxygen atoms in total. The molecule has 1 aromatic carbocycles. The molecule has 0 unspecified atom stereocenters. The molecule has 146 valence electrons. The molecule has 0 radical (unpaired) electrons. The average Bonchev–Trinajstić information content (AvgIpc) is 2.88. The minimum Gasteiger partial charge on any atom is -0.296 e. The van der Waals surface area contributed by atoms with Gasteiger partial charge in [-0.25, -0.2) is 8.42 Å². The van der Waals surface area contributed by atoms with Gasteiger partial charge in [-0.3, -0.25) is 14.4 Å². The lowest BCUT2D eigenvalue weighted by Crippen LogP contribution is -2.48. The summed E-state index contributed by atoms with van der Waals surface area (Å²) in [5.74, 6) is -0.152. The number of halogens is 1. The second-order valence-electron chi connectivity index (χ2n) is 6.74. The van der Waals surface area contributed by atoms with Crippen LogP contribution in [0.15, 0.2) is 29.2 Å². The molecule has 1 aromatic heterocycles. The lowest BCUT2D eigenvalue weighted by molar-refractivity contribution is 0.101. The Balaban J connectivity index is 1.69. The molecule has 0 spiro atoms. The van der Waals surface area contributed by atoms with E-state index in [4.69, 9.17) is 11.6 Å². The number of aryl methyl sites for hydroxylation is 2. The molecule has 1 saturated heterocycles. The van der Waals surface area contributed by atoms with E-state index >= 15 is 0 Å². The maximum absolute atomic E-state index is 12.9. The third-order valence-corrected chi connectivity index (χ3v) is 7.23. The van der Waals surface area contributed by atoms with Crippen LogP contribution in [0.4, 0.5) is 0 Å². The molecule has 9 heteroatoms. The SMILES string of the molecule is CC(=O)c1cccc(S(=O)(=O)N2CCN(Cc3c(C)nn(C)c3Cl)CC2)c1. The van der Waals surface area contributed by atoms with Crippen LogP contribution in [-0.4, -0.2) is 59.4 Å². The molecule has 2 aromatic rings. The Hall–Kier alpha value is -1.74. The van der Waals surface area contributed by atoms with Crippen LogP contribution >= 0.6 is 11.6 Å². The normalized spacial score (nSPS) is 16.6. The first-order valence-electron chi connectivity index (χ1n) is 8.71. The van der Waals surface area contributed by atoms with Gasteiger partial charge in [-0.2, -0.15) is 9.40 Å². The van der Waals surface area contributed by atoms with Crippen molar-refractivity contribution in [1.82, 2.24) is 19.0 Å². The molecule has 0 N–H and O–H groups in total. The third-order valence-electron chi connectivity index (χ3n) is 4.86. The number of carbonyl (C=O) groups is 1. The summed E-state index contributed by atoms with van der Waals surface area (Å²) in [6.45, 7) is 5.99. The van der Waals surface area contributed by atoms with Gasteiger partial charge in [0.25, 0.3) is 0 Å². The minimum atomic E-state index is -3.61. The first-order chi connectivity index (χ1) is 12.7. The summed E-state index contributed by atoms with van der Waals surface area (Å²) in [5.41, 5.74) is 2.26. The molecule has 0 amide bonds. The van der Waals surface area contributed by atoms with E-state index < -0.39 is 10.0 Å². The Bertz CT molecular complexity index is 963. The Kier molecular flexibility index (Phi) is 5.71. The quantitative estimate of drug-likeness (QED) is 0.705. The highest BCUT2D eigenvalue weighted by molar-refractivity contribution is 7.89. The Morgan fingerprint density at radius 2 is 1.89 bits per heavy atom. The number of piperazine rings is 1. The Morgan fingerprint density at radius 1 is 1.22 bits per heavy atom. The van der Waals surface area contributed by atoms with Crippen molar-refractivity contribution < 1.29 is 13.2 Å². The standard InChI is InChI=1S/C18H23ClN4O3S/c1-13-17(18(19)21(3)20-13)12-22-7-9-23(10-8-22)27(25,26)16-6-4-5-15(11-16)14(2)24/h4-6,11H,7-10,12H2,1-3H3. The van der Waals surface area contributed by atoms with Crippen LogP contribution in [-0.2, 0) is 23.6 Å². The largest absolute Gasteiger partial charge is 0.296 e. The third kappa shape index (κ3) is 4.08. The zero-order valence-corrected chi connectivity index (χ0v) is 17.2. The monoisotopic (exact) mass is 410 g/mol. The summed E-state index contributed by atoms with van der Waals surface area (Å²) >= 11 is 6.29. The molecule has 0 bridgehead atoms. The summed E-state index contributed by atoms with van der Waals surface area (Å²) < 4.78 is 28.9. The average molecular weight is 411 g/mol. The molecule has 27 heavy (non-hydrogen) atoms. The fourth-order valence-corrected chi connectivity index (χ4v) is 4.93. The van der Waals surface area contributed by atoms with Gasteiger partial charge in [0.15, 0.2) is 5.78 Å². The topological polar surface area (TPSA) is 75.5 Å². The highest BCUT2D eigenvalue weighted by Gasteiger charge is 2.29. The maximum atomic E-state index is 12.9. The van der Waals surface area contributed by atoms with Crippen molar-refractivity contribution in [2.45, 2.75) is 25.3 Å². The minimum absolute atomic E-state index is 0.152. The van der Waals surface area contributed by atoms with Crippen molar-refractivity contribution in [3.05, 3.63) is 46.2 Å². The number of rotatable bonds is 5. The van der Waals surface area contributed by atoms with E-state index in [9.17, 15) is 13.2 Å². The number of aromatic nitrogens is 2. The predicted octanol–water partition coefficient (Wildman–Crippen LogP) is 2.09. The van der Waals surface area contributed by atoms with Gasteiger partial charge in [0.1, 0.15) is 5.15 Å². The highest BCUT2D eigenvalue weighted by atomic mass is 35.5. The highest BCUT2D eigenvalue weighted by Crippen LogP contribution is 2.23. The predicted molar refractivity (Wildman–Crippen MR) is 103 cm³/mol. The van der Waals surface area contributed by atoms with Crippen LogP contribution in [0.5, 0.6) is 0 Å². The molecule has 1 aliphatic rings. The van der Waals surface area contributed by atoms with Gasteiger partial charge >= 0.3 is 0 Å². The van der Waals surface area contributed by atoms with Crippen LogP contribution in [0.3, 0.4) is 0 Å². The van der Waals surface area contributed by atoms with Crippen molar-refractivity contribution in [3.8, 4) is 0 Å². The Labute approximate surface area is 164 Å². The summed E-state index contributed by atoms with van der Waals surface area (Å²) in [6.07, 6.45) is 0. The van der Waals surface area contributed by atoms with Gasteiger partial charge in [-0.05, 0) is 26.0 Å². The van der Waals surface area contributed by atoms with Crippen molar-refractivity contribution in [1.29, 1.82) is 0 Å². The molecular weight excluding hydrogens is 388 g/mol. The summed E-state index contributed by atoms with van der Waals surface area (Å²) in [5, 5.41) is 4.93. The van der Waals surface area contributed by atoms with E-state index in [2.05, 4.69) is 10.00 Å². The van der Waals surface area contributed by atoms with Gasteiger partial charge in [-0.1, -0.05) is 23.7 Å². The first-order valence-corrected chi connectivity index (χ1v) is 10.5. The maximum Gasteiger partial charge on any atom is 0.243 e. The molecule has 3 rings (SSSR count). The van der Waals surface area contributed by atoms with Crippen molar-refractivity contribution in [3.63, 3.8) is 0 Å². The summed E-state index contributed by atoms with van der Waals surface area (Å²) in [6, 6.07) is 6.21. The van der Waals surface area contributed by atoms with E-state index in [-0.39, 0.29) is 10.7 Å². The van der Waals surface area contributed by atoms with E-state index in [1.165, 1.54) is 23.4 Å². The number of ketones is 1. The molecule has 0 aliphatic carbocycles. The number of benzene rings is 1. The van der Waals surface area contributed by atoms with E-state index in [1.54, 1.807) is 23.9 Å². The molecule has 0 atom stereocenters. The molecule has 1 aliphatic heterocycles. The lowest BCUT2D eigenvalue weighted by atomic mass is 10.2. The smallest absolute Gasteiger partial charge is 0.243 e. The number of hydrogen-bond donors (Lipinski definition) is 0. The van der Waals surface area contributed by atoms with Crippen LogP contribution in [0.1, 0.15) is 28.5 Å². The number of sulfonamides is 1. The molecule has 1 fully saturated rings. The number of hydrogen-bond acceptors (Lipinski definition) is 5. The zero-order chi connectivity index (χ0) is 19.8. The van der Waals surface area contributed by atoms with Crippen LogP contribution in [0, 0.1) is 6.92 Å². The van der Waals surface area contributed by atoms with Gasteiger partial charge in [0.05, 0.1) is 10.6 Å².